The molecule has 5 N–H and O–H groups in total. The molecule has 1 aromatic heterocycles. The van der Waals surface area contributed by atoms with Crippen LogP contribution < -0.4 is 21.7 Å². The molecule has 10 heteroatoms. The smallest absolute Gasteiger partial charge is 0.325 e. The summed E-state index contributed by atoms with van der Waals surface area (Å²) in [6.45, 7) is 1.68. The number of primary amides is 1. The number of Topliss-reactive ketones (excluding diaryl/α,β-unsaturated/α-hetero) is 1. The second-order valence-electron chi connectivity index (χ2n) is 7.85. The monoisotopic (exact) mass is 457 g/mol. The van der Waals surface area contributed by atoms with Gasteiger partial charge < -0.3 is 16.4 Å². The predicted molar refractivity (Wildman–Crippen MR) is 123 cm³/mol. The number of anilines is 2. The molecule has 32 heavy (non-hydrogen) atoms. The molecule has 1 aliphatic carbocycles. The maximum absolute atomic E-state index is 13.2. The highest BCUT2D eigenvalue weighted by Crippen LogP contribution is 2.32. The number of hydrogen-bond donors (Lipinski definition) is 4. The van der Waals surface area contributed by atoms with Crippen LogP contribution in [0.25, 0.3) is 0 Å². The summed E-state index contributed by atoms with van der Waals surface area (Å²) in [4.78, 5) is 53.0. The van der Waals surface area contributed by atoms with E-state index < -0.39 is 17.9 Å². The Hall–Kier alpha value is -3.27. The zero-order chi connectivity index (χ0) is 23.3. The maximum atomic E-state index is 13.2. The molecular formula is C22H27N5O4S. The summed E-state index contributed by atoms with van der Waals surface area (Å²) in [5, 5.41) is 9.91. The van der Waals surface area contributed by atoms with Gasteiger partial charge in [0.15, 0.2) is 10.9 Å². The quantitative estimate of drug-likeness (QED) is 0.451. The Morgan fingerprint density at radius 3 is 2.56 bits per heavy atom. The van der Waals surface area contributed by atoms with Crippen molar-refractivity contribution in [2.24, 2.45) is 11.7 Å². The van der Waals surface area contributed by atoms with Crippen LogP contribution >= 0.6 is 11.3 Å². The normalized spacial score (nSPS) is 14.6. The van der Waals surface area contributed by atoms with Crippen molar-refractivity contribution in [2.45, 2.75) is 44.9 Å². The summed E-state index contributed by atoms with van der Waals surface area (Å²) in [5.41, 5.74) is 7.34. The van der Waals surface area contributed by atoms with Gasteiger partial charge in [-0.05, 0) is 37.5 Å². The Balaban J connectivity index is 1.78. The van der Waals surface area contributed by atoms with E-state index in [2.05, 4.69) is 20.9 Å². The molecule has 1 aromatic carbocycles. The van der Waals surface area contributed by atoms with Crippen molar-refractivity contribution in [1.82, 2.24) is 10.3 Å². The van der Waals surface area contributed by atoms with Gasteiger partial charge in [0.05, 0.1) is 23.7 Å². The molecule has 1 aliphatic rings. The minimum atomic E-state index is -0.554. The van der Waals surface area contributed by atoms with Crippen LogP contribution in [0.1, 0.15) is 60.1 Å². The van der Waals surface area contributed by atoms with Crippen LogP contribution in [-0.2, 0) is 16.0 Å². The third-order valence-corrected chi connectivity index (χ3v) is 6.41. The molecule has 1 atom stereocenters. The first-order valence-corrected chi connectivity index (χ1v) is 11.4. The number of thiazole rings is 1. The van der Waals surface area contributed by atoms with E-state index in [1.807, 2.05) is 0 Å². The number of nitrogens with zero attached hydrogens (tertiary/aromatic N) is 1. The molecular weight excluding hydrogens is 430 g/mol. The molecule has 4 amide bonds. The Labute approximate surface area is 190 Å². The molecule has 1 saturated carbocycles. The number of benzene rings is 1. The first-order chi connectivity index (χ1) is 15.3. The number of hydrogen-bond acceptors (Lipinski definition) is 6. The van der Waals surface area contributed by atoms with Crippen LogP contribution in [0.4, 0.5) is 15.6 Å². The van der Waals surface area contributed by atoms with Crippen molar-refractivity contribution in [3.8, 4) is 0 Å². The highest BCUT2D eigenvalue weighted by Gasteiger charge is 2.27. The van der Waals surface area contributed by atoms with Crippen LogP contribution in [0.2, 0.25) is 0 Å². The van der Waals surface area contributed by atoms with Gasteiger partial charge in [0.25, 0.3) is 0 Å². The topological polar surface area (TPSA) is 143 Å². The minimum Gasteiger partial charge on any atom is -0.369 e. The SMILES string of the molecule is CNC(=O)Cc1csc(NC(=O)Nc2ccc(C(C)C(N)=O)cc2C(=O)C2CCCC2)n1. The molecule has 3 rings (SSSR count). The summed E-state index contributed by atoms with van der Waals surface area (Å²) in [5.74, 6) is -1.35. The van der Waals surface area contributed by atoms with Gasteiger partial charge in [0, 0.05) is 23.9 Å². The van der Waals surface area contributed by atoms with Gasteiger partial charge in [-0.15, -0.1) is 11.3 Å². The van der Waals surface area contributed by atoms with Crippen molar-refractivity contribution in [3.63, 3.8) is 0 Å². The highest BCUT2D eigenvalue weighted by molar-refractivity contribution is 7.14. The van der Waals surface area contributed by atoms with E-state index >= 15 is 0 Å². The van der Waals surface area contributed by atoms with Gasteiger partial charge in [0.2, 0.25) is 11.8 Å². The van der Waals surface area contributed by atoms with Gasteiger partial charge >= 0.3 is 6.03 Å². The average molecular weight is 458 g/mol. The van der Waals surface area contributed by atoms with Gasteiger partial charge in [-0.2, -0.15) is 0 Å². The van der Waals surface area contributed by atoms with Crippen LogP contribution in [0.15, 0.2) is 23.6 Å². The Bertz CT molecular complexity index is 1030. The fourth-order valence-electron chi connectivity index (χ4n) is 3.67. The van der Waals surface area contributed by atoms with Gasteiger partial charge in [0.1, 0.15) is 0 Å². The number of aromatic nitrogens is 1. The number of nitrogens with one attached hydrogen (secondary N) is 3. The summed E-state index contributed by atoms with van der Waals surface area (Å²) in [6, 6.07) is 4.40. The lowest BCUT2D eigenvalue weighted by Crippen LogP contribution is -2.23. The lowest BCUT2D eigenvalue weighted by atomic mass is 9.91. The third-order valence-electron chi connectivity index (χ3n) is 5.60. The second-order valence-corrected chi connectivity index (χ2v) is 8.71. The van der Waals surface area contributed by atoms with E-state index in [1.54, 1.807) is 37.6 Å². The number of urea groups is 1. The first kappa shape index (κ1) is 23.4. The van der Waals surface area contributed by atoms with Crippen LogP contribution in [0.5, 0.6) is 0 Å². The average Bonchev–Trinajstić information content (AvgIpc) is 3.45. The van der Waals surface area contributed by atoms with Crippen molar-refractivity contribution in [1.29, 1.82) is 0 Å². The van der Waals surface area contributed by atoms with Gasteiger partial charge in [-0.3, -0.25) is 19.7 Å². The van der Waals surface area contributed by atoms with Crippen molar-refractivity contribution >= 4 is 45.8 Å². The third kappa shape index (κ3) is 5.70. The van der Waals surface area contributed by atoms with Gasteiger partial charge in [-0.1, -0.05) is 18.9 Å². The van der Waals surface area contributed by atoms with Crippen molar-refractivity contribution in [3.05, 3.63) is 40.4 Å². The molecule has 0 radical (unpaired) electrons. The Morgan fingerprint density at radius 1 is 1.19 bits per heavy atom. The summed E-state index contributed by atoms with van der Waals surface area (Å²) in [6.07, 6.45) is 3.75. The molecule has 1 fully saturated rings. The van der Waals surface area contributed by atoms with Gasteiger partial charge in [-0.25, -0.2) is 9.78 Å². The minimum absolute atomic E-state index is 0.0431. The number of rotatable bonds is 8. The second kappa shape index (κ2) is 10.4. The molecule has 1 unspecified atom stereocenters. The van der Waals surface area contributed by atoms with E-state index in [0.717, 1.165) is 25.7 Å². The zero-order valence-corrected chi connectivity index (χ0v) is 18.9. The van der Waals surface area contributed by atoms with Crippen LogP contribution in [0.3, 0.4) is 0 Å². The van der Waals surface area contributed by atoms with E-state index in [9.17, 15) is 19.2 Å². The fourth-order valence-corrected chi connectivity index (χ4v) is 4.37. The molecule has 9 nitrogen and oxygen atoms in total. The number of amides is 4. The zero-order valence-electron chi connectivity index (χ0n) is 18.1. The van der Waals surface area contributed by atoms with Crippen molar-refractivity contribution < 1.29 is 19.2 Å². The number of carbonyl (C=O) groups excluding carboxylic acids is 4. The van der Waals surface area contributed by atoms with Crippen molar-refractivity contribution in [2.75, 3.05) is 17.7 Å². The molecule has 170 valence electrons. The number of carbonyl (C=O) groups is 4. The summed E-state index contributed by atoms with van der Waals surface area (Å²) >= 11 is 1.20. The number of ketones is 1. The maximum Gasteiger partial charge on any atom is 0.325 e. The Morgan fingerprint density at radius 2 is 1.91 bits per heavy atom. The highest BCUT2D eigenvalue weighted by atomic mass is 32.1. The van der Waals surface area contributed by atoms with Crippen LogP contribution in [0, 0.1) is 5.92 Å². The Kier molecular flexibility index (Phi) is 7.57. The number of nitrogens with two attached hydrogens (primary N) is 1. The molecule has 0 spiro atoms. The first-order valence-electron chi connectivity index (χ1n) is 10.5. The van der Waals surface area contributed by atoms with E-state index in [0.29, 0.717) is 27.6 Å². The largest absolute Gasteiger partial charge is 0.369 e. The molecule has 1 heterocycles. The summed E-state index contributed by atoms with van der Waals surface area (Å²) < 4.78 is 0. The molecule has 0 saturated heterocycles. The van der Waals surface area contributed by atoms with E-state index in [-0.39, 0.29) is 24.0 Å². The lowest BCUT2D eigenvalue weighted by Gasteiger charge is -2.17. The standard InChI is InChI=1S/C22H27N5O4S/c1-12(20(23)30)14-7-8-17(16(9-14)19(29)13-5-3-4-6-13)26-21(31)27-22-25-15(11-32-22)10-18(28)24-2/h7-9,11-13H,3-6,10H2,1-2H3,(H2,23,30)(H,24,28)(H2,25,26,27,31). The molecule has 2 aromatic rings. The molecule has 0 aliphatic heterocycles. The summed E-state index contributed by atoms with van der Waals surface area (Å²) in [7, 11) is 1.54. The predicted octanol–water partition coefficient (Wildman–Crippen LogP) is 3.04. The van der Waals surface area contributed by atoms with Crippen LogP contribution in [-0.4, -0.2) is 35.7 Å². The molecule has 0 bridgehead atoms. The fraction of sp³-hybridized carbons (Fsp3) is 0.409. The van der Waals surface area contributed by atoms with E-state index in [1.165, 1.54) is 11.3 Å². The van der Waals surface area contributed by atoms with E-state index in [4.69, 9.17) is 5.73 Å². The number of likely N-dealkylation sites (N-methyl/N-ethyl adjacent to an activating group) is 1. The lowest BCUT2D eigenvalue weighted by molar-refractivity contribution is -0.120.